The van der Waals surface area contributed by atoms with Crippen molar-refractivity contribution in [2.45, 2.75) is 6.18 Å². The first-order chi connectivity index (χ1) is 6.88. The Balaban J connectivity index is 2.70. The number of primary amides is 1. The molecule has 0 saturated carbocycles. The normalized spacial score (nSPS) is 11.1. The van der Waals surface area contributed by atoms with E-state index >= 15 is 0 Å². The van der Waals surface area contributed by atoms with Crippen molar-refractivity contribution in [2.24, 2.45) is 5.73 Å². The first kappa shape index (κ1) is 11.4. The van der Waals surface area contributed by atoms with E-state index in [4.69, 9.17) is 5.73 Å². The lowest BCUT2D eigenvalue weighted by molar-refractivity contribution is -0.153. The van der Waals surface area contributed by atoms with Crippen LogP contribution in [0.1, 0.15) is 10.4 Å². The van der Waals surface area contributed by atoms with E-state index in [1.165, 1.54) is 18.2 Å². The van der Waals surface area contributed by atoms with Crippen molar-refractivity contribution in [2.75, 3.05) is 6.61 Å². The number of benzene rings is 1. The fourth-order valence-corrected chi connectivity index (χ4v) is 0.904. The molecule has 2 N–H and O–H groups in total. The van der Waals surface area contributed by atoms with E-state index in [-0.39, 0.29) is 11.3 Å². The van der Waals surface area contributed by atoms with Crippen molar-refractivity contribution in [1.82, 2.24) is 0 Å². The number of rotatable bonds is 3. The number of alkyl halides is 3. The molecule has 0 aliphatic rings. The minimum atomic E-state index is -4.40. The van der Waals surface area contributed by atoms with Crippen LogP contribution in [0.3, 0.4) is 0 Å². The molecule has 0 aliphatic carbocycles. The topological polar surface area (TPSA) is 52.3 Å². The van der Waals surface area contributed by atoms with Gasteiger partial charge in [-0.1, -0.05) is 6.07 Å². The minimum absolute atomic E-state index is 0.0383. The smallest absolute Gasteiger partial charge is 0.422 e. The molecule has 1 rings (SSSR count). The summed E-state index contributed by atoms with van der Waals surface area (Å²) in [4.78, 5) is 10.7. The van der Waals surface area contributed by atoms with Crippen LogP contribution in [0.25, 0.3) is 0 Å². The highest BCUT2D eigenvalue weighted by atomic mass is 19.4. The third-order valence-electron chi connectivity index (χ3n) is 1.52. The van der Waals surface area contributed by atoms with Crippen molar-refractivity contribution in [3.05, 3.63) is 29.8 Å². The number of carbonyl (C=O) groups is 1. The summed E-state index contributed by atoms with van der Waals surface area (Å²) in [6.07, 6.45) is -4.40. The van der Waals surface area contributed by atoms with Gasteiger partial charge in [-0.05, 0) is 18.2 Å². The largest absolute Gasteiger partial charge is 0.484 e. The van der Waals surface area contributed by atoms with E-state index in [1.807, 2.05) is 0 Å². The summed E-state index contributed by atoms with van der Waals surface area (Å²) in [6.45, 7) is -1.39. The highest BCUT2D eigenvalue weighted by molar-refractivity contribution is 5.93. The second kappa shape index (κ2) is 4.20. The Morgan fingerprint density at radius 3 is 2.60 bits per heavy atom. The SMILES string of the molecule is NC(=O)c1cccc(OCC(F)(F)F)c1. The molecule has 0 aromatic heterocycles. The van der Waals surface area contributed by atoms with Crippen molar-refractivity contribution >= 4 is 5.91 Å². The van der Waals surface area contributed by atoms with Gasteiger partial charge in [0.05, 0.1) is 0 Å². The molecule has 0 fully saturated rings. The third-order valence-corrected chi connectivity index (χ3v) is 1.52. The lowest BCUT2D eigenvalue weighted by Gasteiger charge is -2.09. The number of halogens is 3. The first-order valence-electron chi connectivity index (χ1n) is 3.98. The lowest BCUT2D eigenvalue weighted by Crippen LogP contribution is -2.19. The number of carbonyl (C=O) groups excluding carboxylic acids is 1. The zero-order valence-corrected chi connectivity index (χ0v) is 7.54. The van der Waals surface area contributed by atoms with Crippen LogP contribution < -0.4 is 10.5 Å². The maximum absolute atomic E-state index is 11.8. The predicted octanol–water partition coefficient (Wildman–Crippen LogP) is 1.73. The van der Waals surface area contributed by atoms with Gasteiger partial charge in [0.1, 0.15) is 5.75 Å². The average Bonchev–Trinajstić information content (AvgIpc) is 2.14. The minimum Gasteiger partial charge on any atom is -0.484 e. The Kier molecular flexibility index (Phi) is 3.18. The highest BCUT2D eigenvalue weighted by Crippen LogP contribution is 2.19. The second-order valence-electron chi connectivity index (χ2n) is 2.80. The van der Waals surface area contributed by atoms with Crippen LogP contribution in [-0.4, -0.2) is 18.7 Å². The van der Waals surface area contributed by atoms with E-state index in [2.05, 4.69) is 4.74 Å². The zero-order chi connectivity index (χ0) is 11.5. The summed E-state index contributed by atoms with van der Waals surface area (Å²) < 4.78 is 39.8. The average molecular weight is 219 g/mol. The van der Waals surface area contributed by atoms with Gasteiger partial charge in [0, 0.05) is 5.56 Å². The maximum Gasteiger partial charge on any atom is 0.422 e. The molecule has 0 unspecified atom stereocenters. The second-order valence-corrected chi connectivity index (χ2v) is 2.80. The number of amides is 1. The first-order valence-corrected chi connectivity index (χ1v) is 3.98. The van der Waals surface area contributed by atoms with Crippen molar-refractivity contribution in [3.63, 3.8) is 0 Å². The van der Waals surface area contributed by atoms with Crippen molar-refractivity contribution in [3.8, 4) is 5.75 Å². The van der Waals surface area contributed by atoms with Gasteiger partial charge in [0.15, 0.2) is 6.61 Å². The number of hydrogen-bond donors (Lipinski definition) is 1. The van der Waals surface area contributed by atoms with Crippen LogP contribution in [0.2, 0.25) is 0 Å². The Bertz CT molecular complexity index is 363. The van der Waals surface area contributed by atoms with Crippen LogP contribution in [-0.2, 0) is 0 Å². The van der Waals surface area contributed by atoms with E-state index in [9.17, 15) is 18.0 Å². The molecule has 0 radical (unpaired) electrons. The molecule has 15 heavy (non-hydrogen) atoms. The number of ether oxygens (including phenoxy) is 1. The Morgan fingerprint density at radius 2 is 2.07 bits per heavy atom. The molecule has 82 valence electrons. The molecule has 0 saturated heterocycles. The molecular formula is C9H8F3NO2. The summed E-state index contributed by atoms with van der Waals surface area (Å²) in [5.74, 6) is -0.754. The van der Waals surface area contributed by atoms with Crippen LogP contribution >= 0.6 is 0 Å². The van der Waals surface area contributed by atoms with Crippen molar-refractivity contribution in [1.29, 1.82) is 0 Å². The Morgan fingerprint density at radius 1 is 1.40 bits per heavy atom. The summed E-state index contributed by atoms with van der Waals surface area (Å²) in [7, 11) is 0. The summed E-state index contributed by atoms with van der Waals surface area (Å²) in [6, 6.07) is 5.26. The molecule has 1 aromatic rings. The molecular weight excluding hydrogens is 211 g/mol. The monoisotopic (exact) mass is 219 g/mol. The third kappa shape index (κ3) is 3.88. The standard InChI is InChI=1S/C9H8F3NO2/c10-9(11,12)5-15-7-3-1-2-6(4-7)8(13)14/h1-4H,5H2,(H2,13,14). The molecule has 1 amide bonds. The van der Waals surface area contributed by atoms with Gasteiger partial charge in [-0.2, -0.15) is 13.2 Å². The van der Waals surface area contributed by atoms with Gasteiger partial charge in [0.2, 0.25) is 5.91 Å². The van der Waals surface area contributed by atoms with Gasteiger partial charge in [-0.3, -0.25) is 4.79 Å². The van der Waals surface area contributed by atoms with Crippen LogP contribution in [0.5, 0.6) is 5.75 Å². The van der Waals surface area contributed by atoms with E-state index < -0.39 is 18.7 Å². The number of hydrogen-bond acceptors (Lipinski definition) is 2. The van der Waals surface area contributed by atoms with Gasteiger partial charge in [0.25, 0.3) is 0 Å². The molecule has 0 aliphatic heterocycles. The molecule has 6 heteroatoms. The lowest BCUT2D eigenvalue weighted by atomic mass is 10.2. The predicted molar refractivity (Wildman–Crippen MR) is 46.5 cm³/mol. The van der Waals surface area contributed by atoms with E-state index in [0.29, 0.717) is 0 Å². The Hall–Kier alpha value is -1.72. The highest BCUT2D eigenvalue weighted by Gasteiger charge is 2.28. The Labute approximate surface area is 83.6 Å². The van der Waals surface area contributed by atoms with E-state index in [1.54, 1.807) is 0 Å². The van der Waals surface area contributed by atoms with Gasteiger partial charge < -0.3 is 10.5 Å². The van der Waals surface area contributed by atoms with E-state index in [0.717, 1.165) is 6.07 Å². The molecule has 0 heterocycles. The zero-order valence-electron chi connectivity index (χ0n) is 7.54. The van der Waals surface area contributed by atoms with Crippen molar-refractivity contribution < 1.29 is 22.7 Å². The molecule has 0 bridgehead atoms. The molecule has 3 nitrogen and oxygen atoms in total. The fraction of sp³-hybridized carbons (Fsp3) is 0.222. The number of nitrogens with two attached hydrogens (primary N) is 1. The van der Waals surface area contributed by atoms with Crippen LogP contribution in [0.4, 0.5) is 13.2 Å². The molecule has 0 atom stereocenters. The molecule has 0 spiro atoms. The summed E-state index contributed by atoms with van der Waals surface area (Å²) >= 11 is 0. The molecule has 1 aromatic carbocycles. The van der Waals surface area contributed by atoms with Crippen LogP contribution in [0, 0.1) is 0 Å². The summed E-state index contributed by atoms with van der Waals surface area (Å²) in [5.41, 5.74) is 5.05. The van der Waals surface area contributed by atoms with Gasteiger partial charge >= 0.3 is 6.18 Å². The van der Waals surface area contributed by atoms with Gasteiger partial charge in [-0.25, -0.2) is 0 Å². The van der Waals surface area contributed by atoms with Gasteiger partial charge in [-0.15, -0.1) is 0 Å². The van der Waals surface area contributed by atoms with Crippen LogP contribution in [0.15, 0.2) is 24.3 Å². The fourth-order valence-electron chi connectivity index (χ4n) is 0.904. The maximum atomic E-state index is 11.8. The quantitative estimate of drug-likeness (QED) is 0.841. The summed E-state index contributed by atoms with van der Waals surface area (Å²) in [5, 5.41) is 0.